The number of imidazole rings is 1. The van der Waals surface area contributed by atoms with E-state index in [-0.39, 0.29) is 62.2 Å². The number of nitrogens with one attached hydrogen (secondary N) is 2. The summed E-state index contributed by atoms with van der Waals surface area (Å²) in [6.07, 6.45) is 4.90. The minimum absolute atomic E-state index is 0.0195. The molecule has 0 aliphatic carbocycles. The second kappa shape index (κ2) is 15.8. The summed E-state index contributed by atoms with van der Waals surface area (Å²) in [5, 5.41) is 5.74. The Kier molecular flexibility index (Phi) is 11.4. The summed E-state index contributed by atoms with van der Waals surface area (Å²) in [5.74, 6) is 1.08. The van der Waals surface area contributed by atoms with Gasteiger partial charge in [0.25, 0.3) is 5.91 Å². The van der Waals surface area contributed by atoms with Crippen LogP contribution in [0.2, 0.25) is 0 Å². The van der Waals surface area contributed by atoms with Crippen LogP contribution in [0.3, 0.4) is 0 Å². The summed E-state index contributed by atoms with van der Waals surface area (Å²) >= 11 is 1.56. The van der Waals surface area contributed by atoms with E-state index in [0.717, 1.165) is 11.3 Å². The Bertz CT molecular complexity index is 1540. The molecule has 2 aliphatic rings. The summed E-state index contributed by atoms with van der Waals surface area (Å²) in [6, 6.07) is 10.3. The lowest BCUT2D eigenvalue weighted by Gasteiger charge is -2.35. The lowest BCUT2D eigenvalue weighted by atomic mass is 9.95. The number of benzene rings is 1. The molecule has 1 atom stereocenters. The van der Waals surface area contributed by atoms with E-state index < -0.39 is 6.04 Å². The van der Waals surface area contributed by atoms with Gasteiger partial charge < -0.3 is 38.9 Å². The molecule has 4 heterocycles. The second-order valence-electron chi connectivity index (χ2n) is 11.1. The predicted octanol–water partition coefficient (Wildman–Crippen LogP) is 2.01. The smallest absolute Gasteiger partial charge is 0.290 e. The van der Waals surface area contributed by atoms with Crippen LogP contribution in [0.15, 0.2) is 47.1 Å². The fourth-order valence-electron chi connectivity index (χ4n) is 5.65. The maximum Gasteiger partial charge on any atom is 0.290 e. The maximum absolute atomic E-state index is 13.8. The van der Waals surface area contributed by atoms with Crippen LogP contribution in [0.5, 0.6) is 5.75 Å². The minimum atomic E-state index is -0.550. The van der Waals surface area contributed by atoms with Gasteiger partial charge in [-0.05, 0) is 42.5 Å². The zero-order valence-electron chi connectivity index (χ0n) is 26.2. The van der Waals surface area contributed by atoms with Crippen LogP contribution in [0, 0.1) is 0 Å². The molecule has 5 rings (SSSR count). The van der Waals surface area contributed by atoms with Crippen LogP contribution in [-0.4, -0.2) is 101 Å². The van der Waals surface area contributed by atoms with Crippen molar-refractivity contribution in [1.29, 1.82) is 0 Å². The predicted molar refractivity (Wildman–Crippen MR) is 170 cm³/mol. The van der Waals surface area contributed by atoms with Gasteiger partial charge in [0.15, 0.2) is 5.76 Å². The van der Waals surface area contributed by atoms with Crippen molar-refractivity contribution in [3.8, 4) is 5.75 Å². The summed E-state index contributed by atoms with van der Waals surface area (Å²) in [5.41, 5.74) is 2.34. The molecule has 14 heteroatoms. The van der Waals surface area contributed by atoms with Crippen molar-refractivity contribution < 1.29 is 33.1 Å². The molecule has 13 nitrogen and oxygen atoms in total. The molecule has 0 radical (unpaired) electrons. The lowest BCUT2D eigenvalue weighted by molar-refractivity contribution is -0.135. The van der Waals surface area contributed by atoms with Crippen molar-refractivity contribution in [2.24, 2.45) is 0 Å². The average Bonchev–Trinajstić information content (AvgIpc) is 3.69. The van der Waals surface area contributed by atoms with Crippen molar-refractivity contribution in [2.75, 3.05) is 58.4 Å². The van der Waals surface area contributed by atoms with Crippen molar-refractivity contribution in [1.82, 2.24) is 30.0 Å². The number of hydrogen-bond acceptors (Lipinski definition) is 9. The first kappa shape index (κ1) is 33.1. The zero-order valence-corrected chi connectivity index (χ0v) is 27.0. The quantitative estimate of drug-likeness (QED) is 0.408. The van der Waals surface area contributed by atoms with E-state index in [0.29, 0.717) is 61.9 Å². The summed E-state index contributed by atoms with van der Waals surface area (Å²) in [7, 11) is 1.56. The molecule has 2 aliphatic heterocycles. The Morgan fingerprint density at radius 2 is 1.91 bits per heavy atom. The fraction of sp³-hybridized carbons (Fsp3) is 0.469. The second-order valence-corrected chi connectivity index (χ2v) is 12.1. The van der Waals surface area contributed by atoms with Crippen molar-refractivity contribution in [2.45, 2.75) is 38.5 Å². The number of nitrogens with zero attached hydrogens (tertiary/aromatic N) is 4. The van der Waals surface area contributed by atoms with Crippen LogP contribution in [0.4, 0.5) is 0 Å². The van der Waals surface area contributed by atoms with Gasteiger partial charge in [-0.3, -0.25) is 19.2 Å². The standard InChI is InChI=1S/C32H40N6O7S/c1-43-20-24-7-8-26(45-24)32(42)38-13-9-25-30-31(38)22-5-3-6-23(17-22)44-15-4-11-33-27(39)18-36(29(41)10-16-46-2)14-12-34-28(40)19-37(25)21-35-30/h3,5-8,17,21,31H,4,9-16,18-20H2,1-2H3,(H,33,39)(H,34,40). The number of ether oxygens (including phenoxy) is 2. The molecule has 246 valence electrons. The molecule has 6 bridgehead atoms. The van der Waals surface area contributed by atoms with Gasteiger partial charge >= 0.3 is 0 Å². The number of hydrogen-bond donors (Lipinski definition) is 2. The Morgan fingerprint density at radius 3 is 2.74 bits per heavy atom. The average molecular weight is 653 g/mol. The third kappa shape index (κ3) is 8.10. The van der Waals surface area contributed by atoms with Gasteiger partial charge in [0.2, 0.25) is 17.7 Å². The maximum atomic E-state index is 13.8. The number of methoxy groups -OCH3 is 1. The van der Waals surface area contributed by atoms with Crippen LogP contribution in [-0.2, 0) is 38.7 Å². The number of carbonyl (C=O) groups excluding carboxylic acids is 4. The molecule has 3 aromatic rings. The number of amides is 4. The summed E-state index contributed by atoms with van der Waals surface area (Å²) < 4.78 is 18.8. The van der Waals surface area contributed by atoms with Crippen LogP contribution in [0.25, 0.3) is 0 Å². The first-order valence-corrected chi connectivity index (χ1v) is 16.7. The topological polar surface area (TPSA) is 148 Å². The zero-order chi connectivity index (χ0) is 32.5. The molecule has 1 aromatic carbocycles. The third-order valence-corrected chi connectivity index (χ3v) is 8.48. The number of fused-ring (bicyclic) bond motifs is 3. The Hall–Kier alpha value is -4.30. The van der Waals surface area contributed by atoms with E-state index in [4.69, 9.17) is 18.9 Å². The molecule has 2 aromatic heterocycles. The van der Waals surface area contributed by atoms with Gasteiger partial charge in [-0.1, -0.05) is 12.1 Å². The molecular formula is C32H40N6O7S. The number of thioether (sulfide) groups is 1. The molecule has 0 spiro atoms. The highest BCUT2D eigenvalue weighted by atomic mass is 32.2. The number of carbonyl (C=O) groups is 4. The monoisotopic (exact) mass is 652 g/mol. The van der Waals surface area contributed by atoms with Crippen molar-refractivity contribution in [3.63, 3.8) is 0 Å². The first-order valence-electron chi connectivity index (χ1n) is 15.3. The van der Waals surface area contributed by atoms with Gasteiger partial charge in [0.1, 0.15) is 30.7 Å². The van der Waals surface area contributed by atoms with E-state index >= 15 is 0 Å². The van der Waals surface area contributed by atoms with Gasteiger partial charge in [-0.2, -0.15) is 11.8 Å². The highest BCUT2D eigenvalue weighted by Gasteiger charge is 2.37. The largest absolute Gasteiger partial charge is 0.494 e. The van der Waals surface area contributed by atoms with Crippen LogP contribution < -0.4 is 15.4 Å². The molecule has 0 saturated heterocycles. The lowest BCUT2D eigenvalue weighted by Crippen LogP contribution is -2.45. The first-order chi connectivity index (χ1) is 22.4. The van der Waals surface area contributed by atoms with Crippen LogP contribution >= 0.6 is 11.8 Å². The van der Waals surface area contributed by atoms with Gasteiger partial charge in [0.05, 0.1) is 25.2 Å². The van der Waals surface area contributed by atoms with Gasteiger partial charge in [0, 0.05) is 57.6 Å². The van der Waals surface area contributed by atoms with Crippen LogP contribution in [0.1, 0.15) is 52.1 Å². The molecule has 4 amide bonds. The molecule has 46 heavy (non-hydrogen) atoms. The number of aromatic nitrogens is 2. The highest BCUT2D eigenvalue weighted by molar-refractivity contribution is 7.98. The summed E-state index contributed by atoms with van der Waals surface area (Å²) in [6.45, 7) is 1.72. The molecule has 0 fully saturated rings. The number of rotatable bonds is 6. The van der Waals surface area contributed by atoms with E-state index in [9.17, 15) is 19.2 Å². The van der Waals surface area contributed by atoms with E-state index in [1.807, 2.05) is 30.5 Å². The molecule has 1 unspecified atom stereocenters. The fourth-order valence-corrected chi connectivity index (χ4v) is 6.03. The van der Waals surface area contributed by atoms with Gasteiger partial charge in [-0.25, -0.2) is 4.98 Å². The van der Waals surface area contributed by atoms with Crippen molar-refractivity contribution in [3.05, 3.63) is 71.2 Å². The summed E-state index contributed by atoms with van der Waals surface area (Å²) in [4.78, 5) is 60.3. The van der Waals surface area contributed by atoms with E-state index in [1.165, 1.54) is 4.90 Å². The Morgan fingerprint density at radius 1 is 1.09 bits per heavy atom. The third-order valence-electron chi connectivity index (χ3n) is 7.87. The Labute approximate surface area is 272 Å². The van der Waals surface area contributed by atoms with E-state index in [1.54, 1.807) is 46.8 Å². The van der Waals surface area contributed by atoms with Gasteiger partial charge in [-0.15, -0.1) is 0 Å². The SMILES string of the molecule is COCc1ccc(C(=O)N2CCc3c4ncn3CC(=O)NCCN(C(=O)CCSC)CC(=O)NCCCOc3cccc(c3)C42)o1. The molecule has 2 N–H and O–H groups in total. The van der Waals surface area contributed by atoms with E-state index in [2.05, 4.69) is 10.6 Å². The Balaban J connectivity index is 1.42. The highest BCUT2D eigenvalue weighted by Crippen LogP contribution is 2.37. The molecular weight excluding hydrogens is 612 g/mol. The normalized spacial score (nSPS) is 17.9. The van der Waals surface area contributed by atoms with Crippen molar-refractivity contribution >= 4 is 35.4 Å². The molecule has 0 saturated carbocycles. The minimum Gasteiger partial charge on any atom is -0.494 e. The number of furan rings is 1.